The molecule has 0 atom stereocenters. The summed E-state index contributed by atoms with van der Waals surface area (Å²) in [4.78, 5) is 61.9. The first kappa shape index (κ1) is 52.3. The standard InChI is InChI=1S/C11H15NO2.C10H13NO2.C8H9NO2.C7H6BrNO2.C7H6N2O4/c1-2-3-8-12-10-6-4-9(5-7-10)11(13)14;1-2-7-11-9-5-3-8(4-6-9)10(12)13;1-9-7-4-2-6(3-5-7)8(10)11;8-5-3-4(7(10)11)1-2-6(5)9;8-5-2-1-4(7(10)11)3-6(5)9(12)13/h4-7,12H,2-3,8H2,1H3,(H,13,14);3-6,11H,2,7H2,1H3,(H,12,13);2-5,9H,1H3,(H,10,11);1-3H,9H2,(H,10,11);1-3H,8H2,(H,10,11). The number of hydrogen-bond acceptors (Lipinski definition) is 12. The minimum atomic E-state index is -1.22. The van der Waals surface area contributed by atoms with Crippen molar-refractivity contribution >= 4 is 79.9 Å². The van der Waals surface area contributed by atoms with Gasteiger partial charge in [0.1, 0.15) is 5.69 Å². The second-order valence-corrected chi connectivity index (χ2v) is 13.3. The van der Waals surface area contributed by atoms with Crippen LogP contribution in [0, 0.1) is 10.1 Å². The number of nitrogens with one attached hydrogen (secondary N) is 3. The third kappa shape index (κ3) is 19.9. The van der Waals surface area contributed by atoms with Gasteiger partial charge in [0, 0.05) is 53.4 Å². The number of nitrogens with two attached hydrogens (primary N) is 2. The van der Waals surface area contributed by atoms with E-state index >= 15 is 0 Å². The number of rotatable bonds is 14. The average molecular weight is 922 g/mol. The third-order valence-corrected chi connectivity index (χ3v) is 8.53. The molecule has 0 radical (unpaired) electrons. The molecule has 0 heterocycles. The van der Waals surface area contributed by atoms with Gasteiger partial charge in [-0.05, 0) is 132 Å². The van der Waals surface area contributed by atoms with Crippen molar-refractivity contribution < 1.29 is 54.4 Å². The number of nitro benzene ring substituents is 1. The van der Waals surface area contributed by atoms with E-state index in [9.17, 15) is 34.1 Å². The molecule has 0 aliphatic heterocycles. The Labute approximate surface area is 365 Å². The monoisotopic (exact) mass is 920 g/mol. The highest BCUT2D eigenvalue weighted by Crippen LogP contribution is 2.22. The van der Waals surface area contributed by atoms with Gasteiger partial charge in [-0.3, -0.25) is 10.1 Å². The highest BCUT2D eigenvalue weighted by Gasteiger charge is 2.14. The highest BCUT2D eigenvalue weighted by molar-refractivity contribution is 9.10. The van der Waals surface area contributed by atoms with E-state index in [2.05, 4.69) is 45.7 Å². The largest absolute Gasteiger partial charge is 0.478 e. The lowest BCUT2D eigenvalue weighted by atomic mass is 10.2. The van der Waals surface area contributed by atoms with Crippen LogP contribution in [0.25, 0.3) is 0 Å². The van der Waals surface area contributed by atoms with E-state index in [1.165, 1.54) is 24.3 Å². The quantitative estimate of drug-likeness (QED) is 0.0215. The van der Waals surface area contributed by atoms with Crippen molar-refractivity contribution in [3.63, 3.8) is 0 Å². The summed E-state index contributed by atoms with van der Waals surface area (Å²) in [7, 11) is 1.79. The molecule has 62 heavy (non-hydrogen) atoms. The van der Waals surface area contributed by atoms with Crippen LogP contribution >= 0.6 is 15.9 Å². The summed E-state index contributed by atoms with van der Waals surface area (Å²) in [5, 5.41) is 62.5. The van der Waals surface area contributed by atoms with Crippen molar-refractivity contribution in [2.75, 3.05) is 47.6 Å². The molecule has 0 amide bonds. The normalized spacial score (nSPS) is 9.55. The summed E-state index contributed by atoms with van der Waals surface area (Å²) in [5.41, 5.74) is 14.7. The lowest BCUT2D eigenvalue weighted by Crippen LogP contribution is -2.01. The molecule has 0 aromatic heterocycles. The molecule has 5 rings (SSSR count). The van der Waals surface area contributed by atoms with Gasteiger partial charge in [0.05, 0.1) is 32.7 Å². The molecule has 12 N–H and O–H groups in total. The number of benzene rings is 5. The number of nitrogen functional groups attached to an aromatic ring is 2. The fraction of sp³-hybridized carbons (Fsp3) is 0.186. The molecule has 0 fully saturated rings. The summed E-state index contributed by atoms with van der Waals surface area (Å²) >= 11 is 3.13. The number of nitro groups is 1. The van der Waals surface area contributed by atoms with E-state index in [4.69, 9.17) is 37.0 Å². The van der Waals surface area contributed by atoms with Crippen molar-refractivity contribution in [1.29, 1.82) is 0 Å². The first-order chi connectivity index (χ1) is 29.3. The van der Waals surface area contributed by atoms with Crippen LogP contribution in [0.3, 0.4) is 0 Å². The molecule has 0 unspecified atom stereocenters. The Bertz CT molecular complexity index is 2240. The molecular formula is C43H49BrN6O12. The molecule has 5 aromatic rings. The summed E-state index contributed by atoms with van der Waals surface area (Å²) < 4.78 is 0.609. The van der Waals surface area contributed by atoms with Crippen LogP contribution in [0.1, 0.15) is 84.9 Å². The number of unbranched alkanes of at least 4 members (excludes halogenated alkanes) is 1. The van der Waals surface area contributed by atoms with Crippen LogP contribution in [0.2, 0.25) is 0 Å². The predicted molar refractivity (Wildman–Crippen MR) is 242 cm³/mol. The zero-order valence-corrected chi connectivity index (χ0v) is 35.6. The SMILES string of the molecule is CCCCNc1ccc(C(=O)O)cc1.CCCNc1ccc(C(=O)O)cc1.CNc1ccc(C(=O)O)cc1.Nc1ccc(C(=O)O)cc1Br.Nc1ccc(C(=O)O)cc1[N+](=O)[O-]. The van der Waals surface area contributed by atoms with Gasteiger partial charge in [0.25, 0.3) is 5.69 Å². The molecule has 0 bridgehead atoms. The summed E-state index contributed by atoms with van der Waals surface area (Å²) in [5.74, 6) is -4.84. The first-order valence-electron chi connectivity index (χ1n) is 18.6. The molecular weight excluding hydrogens is 872 g/mol. The van der Waals surface area contributed by atoms with Gasteiger partial charge < -0.3 is 53.0 Å². The maximum Gasteiger partial charge on any atom is 0.335 e. The van der Waals surface area contributed by atoms with Gasteiger partial charge in [0.15, 0.2) is 0 Å². The van der Waals surface area contributed by atoms with Gasteiger partial charge in [0.2, 0.25) is 0 Å². The van der Waals surface area contributed by atoms with Crippen molar-refractivity contribution in [2.24, 2.45) is 0 Å². The zero-order chi connectivity index (χ0) is 46.8. The van der Waals surface area contributed by atoms with Crippen LogP contribution in [0.5, 0.6) is 0 Å². The fourth-order valence-corrected chi connectivity index (χ4v) is 4.79. The number of hydrogen-bond donors (Lipinski definition) is 10. The number of anilines is 5. The second kappa shape index (κ2) is 27.9. The van der Waals surface area contributed by atoms with E-state index in [-0.39, 0.29) is 22.5 Å². The molecule has 5 aromatic carbocycles. The van der Waals surface area contributed by atoms with Crippen molar-refractivity contribution in [1.82, 2.24) is 0 Å². The molecule has 330 valence electrons. The third-order valence-electron chi connectivity index (χ3n) is 7.84. The van der Waals surface area contributed by atoms with Gasteiger partial charge in [-0.2, -0.15) is 0 Å². The van der Waals surface area contributed by atoms with Crippen molar-refractivity contribution in [3.05, 3.63) is 152 Å². The Morgan fingerprint density at radius 3 is 1.24 bits per heavy atom. The van der Waals surface area contributed by atoms with E-state index in [1.54, 1.807) is 85.9 Å². The molecule has 18 nitrogen and oxygen atoms in total. The topological polar surface area (TPSA) is 318 Å². The Hall–Kier alpha value is -7.67. The van der Waals surface area contributed by atoms with Crippen LogP contribution < -0.4 is 27.4 Å². The van der Waals surface area contributed by atoms with Crippen molar-refractivity contribution in [3.8, 4) is 0 Å². The summed E-state index contributed by atoms with van der Waals surface area (Å²) in [6, 6.07) is 27.9. The predicted octanol–water partition coefficient (Wildman–Crippen LogP) is 8.83. The fourth-order valence-electron chi connectivity index (χ4n) is 4.41. The molecule has 0 aliphatic rings. The lowest BCUT2D eigenvalue weighted by Gasteiger charge is -2.04. The number of nitrogens with zero attached hydrogens (tertiary/aromatic N) is 1. The molecule has 0 saturated heterocycles. The minimum absolute atomic E-state index is 0.0463. The lowest BCUT2D eigenvalue weighted by molar-refractivity contribution is -0.383. The number of carboxylic acid groups (broad SMARTS) is 5. The van der Waals surface area contributed by atoms with E-state index in [1.807, 2.05) is 0 Å². The van der Waals surface area contributed by atoms with E-state index in [0.29, 0.717) is 26.9 Å². The Morgan fingerprint density at radius 2 is 0.903 bits per heavy atom. The van der Waals surface area contributed by atoms with Crippen LogP contribution in [0.15, 0.2) is 114 Å². The summed E-state index contributed by atoms with van der Waals surface area (Å²) in [6.45, 7) is 6.06. The zero-order valence-electron chi connectivity index (χ0n) is 34.0. The number of carbonyl (C=O) groups is 5. The molecule has 0 aliphatic carbocycles. The Kier molecular flexibility index (Phi) is 23.6. The maximum atomic E-state index is 10.6. The first-order valence-corrected chi connectivity index (χ1v) is 19.3. The van der Waals surface area contributed by atoms with Crippen molar-refractivity contribution in [2.45, 2.75) is 33.1 Å². The highest BCUT2D eigenvalue weighted by atomic mass is 79.9. The maximum absolute atomic E-state index is 10.6. The van der Waals surface area contributed by atoms with Gasteiger partial charge in [-0.15, -0.1) is 0 Å². The van der Waals surface area contributed by atoms with Gasteiger partial charge in [-0.25, -0.2) is 24.0 Å². The smallest absolute Gasteiger partial charge is 0.335 e. The average Bonchev–Trinajstić information content (AvgIpc) is 3.25. The van der Waals surface area contributed by atoms with E-state index in [0.717, 1.165) is 55.5 Å². The Morgan fingerprint density at radius 1 is 0.548 bits per heavy atom. The number of aromatic carboxylic acids is 5. The molecule has 19 heteroatoms. The molecule has 0 spiro atoms. The second-order valence-electron chi connectivity index (χ2n) is 12.5. The van der Waals surface area contributed by atoms with Crippen LogP contribution in [-0.4, -0.2) is 80.4 Å². The minimum Gasteiger partial charge on any atom is -0.478 e. The summed E-state index contributed by atoms with van der Waals surface area (Å²) in [6.07, 6.45) is 3.33. The van der Waals surface area contributed by atoms with E-state index < -0.39 is 34.8 Å². The molecule has 0 saturated carbocycles. The van der Waals surface area contributed by atoms with Crippen LogP contribution in [-0.2, 0) is 0 Å². The number of halogens is 1. The number of carboxylic acids is 5. The van der Waals surface area contributed by atoms with Gasteiger partial charge >= 0.3 is 29.8 Å². The van der Waals surface area contributed by atoms with Gasteiger partial charge in [-0.1, -0.05) is 20.3 Å². The Balaban J connectivity index is 0.000000389. The van der Waals surface area contributed by atoms with Crippen LogP contribution in [0.4, 0.5) is 34.1 Å².